The zero-order valence-electron chi connectivity index (χ0n) is 52.2. The molecule has 0 aliphatic heterocycles. The number of aliphatic hydroxyl groups is 2. The lowest BCUT2D eigenvalue weighted by atomic mass is 10.0. The Morgan fingerprint density at radius 1 is 0.351 bits per heavy atom. The molecule has 456 valence electrons. The smallest absolute Gasteiger partial charge is 0.305 e. The predicted octanol–water partition coefficient (Wildman–Crippen LogP) is 22.5. The highest BCUT2D eigenvalue weighted by Crippen LogP contribution is 2.19. The fourth-order valence-corrected chi connectivity index (χ4v) is 11.1. The average Bonchev–Trinajstić information content (AvgIpc) is 3.43. The van der Waals surface area contributed by atoms with Gasteiger partial charge in [0.1, 0.15) is 0 Å². The SMILES string of the molecule is CCCCCCCCCCCCCCCCCCCCC/C=C/C(O)C(CO)NC(=O)CCCCCCCCCCCC/C=C\CCCCCCCCCCCCCCOC(=O)CCCCCCCCCCCCCCC. The summed E-state index contributed by atoms with van der Waals surface area (Å²) in [5, 5.41) is 23.2. The van der Waals surface area contributed by atoms with E-state index in [1.807, 2.05) is 6.08 Å². The Bertz CT molecular complexity index is 1200. The topological polar surface area (TPSA) is 95.9 Å². The van der Waals surface area contributed by atoms with E-state index < -0.39 is 12.1 Å². The van der Waals surface area contributed by atoms with Crippen LogP contribution in [0.1, 0.15) is 393 Å². The number of carbonyl (C=O) groups excluding carboxylic acids is 2. The standard InChI is InChI=1S/C71H137NO5/c1-3-5-7-9-11-13-15-17-18-19-20-27-30-33-36-40-43-47-51-55-59-63-69(74)68(67-73)72-70(75)64-60-56-52-48-44-41-37-34-31-28-25-23-21-22-24-26-29-32-35-38-42-46-50-54-58-62-66-77-71(76)65-61-57-53-49-45-39-16-14-12-10-8-6-4-2/h21,23,59,63,68-69,73-74H,3-20,22,24-58,60-62,64-67H2,1-2H3,(H,72,75)/b23-21-,63-59+. The highest BCUT2D eigenvalue weighted by Gasteiger charge is 2.18. The molecule has 0 aliphatic carbocycles. The highest BCUT2D eigenvalue weighted by atomic mass is 16.5. The van der Waals surface area contributed by atoms with Gasteiger partial charge in [-0.2, -0.15) is 0 Å². The van der Waals surface area contributed by atoms with Crippen LogP contribution in [0.3, 0.4) is 0 Å². The number of esters is 1. The van der Waals surface area contributed by atoms with Crippen LogP contribution < -0.4 is 5.32 Å². The first kappa shape index (κ1) is 75.3. The van der Waals surface area contributed by atoms with Gasteiger partial charge in [-0.25, -0.2) is 0 Å². The highest BCUT2D eigenvalue weighted by molar-refractivity contribution is 5.76. The molecule has 3 N–H and O–H groups in total. The monoisotopic (exact) mass is 1080 g/mol. The van der Waals surface area contributed by atoms with E-state index in [4.69, 9.17) is 4.74 Å². The van der Waals surface area contributed by atoms with Crippen molar-refractivity contribution in [3.05, 3.63) is 24.3 Å². The van der Waals surface area contributed by atoms with Crippen LogP contribution >= 0.6 is 0 Å². The number of rotatable bonds is 66. The summed E-state index contributed by atoms with van der Waals surface area (Å²) < 4.78 is 5.49. The molecule has 0 aromatic rings. The van der Waals surface area contributed by atoms with Gasteiger partial charge in [-0.05, 0) is 57.8 Å². The average molecular weight is 1080 g/mol. The second-order valence-electron chi connectivity index (χ2n) is 24.2. The molecule has 0 saturated carbocycles. The largest absolute Gasteiger partial charge is 0.466 e. The molecule has 0 fully saturated rings. The minimum atomic E-state index is -0.846. The van der Waals surface area contributed by atoms with Crippen LogP contribution in [0.15, 0.2) is 24.3 Å². The van der Waals surface area contributed by atoms with Crippen molar-refractivity contribution >= 4 is 11.9 Å². The van der Waals surface area contributed by atoms with E-state index in [2.05, 4.69) is 31.3 Å². The van der Waals surface area contributed by atoms with Crippen LogP contribution in [0.2, 0.25) is 0 Å². The number of carbonyl (C=O) groups is 2. The van der Waals surface area contributed by atoms with Gasteiger partial charge in [0.05, 0.1) is 25.4 Å². The molecule has 0 rings (SSSR count). The number of hydrogen-bond acceptors (Lipinski definition) is 5. The first-order valence-electron chi connectivity index (χ1n) is 35.1. The van der Waals surface area contributed by atoms with Gasteiger partial charge < -0.3 is 20.3 Å². The van der Waals surface area contributed by atoms with Crippen molar-refractivity contribution in [2.45, 2.75) is 405 Å². The Hall–Kier alpha value is -1.66. The summed E-state index contributed by atoms with van der Waals surface area (Å²) in [6.07, 6.45) is 83.9. The molecule has 77 heavy (non-hydrogen) atoms. The Kier molecular flexibility index (Phi) is 65.4. The van der Waals surface area contributed by atoms with Crippen molar-refractivity contribution in [1.82, 2.24) is 5.32 Å². The lowest BCUT2D eigenvalue weighted by Gasteiger charge is -2.20. The molecular weight excluding hydrogens is 947 g/mol. The lowest BCUT2D eigenvalue weighted by Crippen LogP contribution is -2.45. The predicted molar refractivity (Wildman–Crippen MR) is 338 cm³/mol. The van der Waals surface area contributed by atoms with E-state index >= 15 is 0 Å². The van der Waals surface area contributed by atoms with Crippen molar-refractivity contribution in [1.29, 1.82) is 0 Å². The quantitative estimate of drug-likeness (QED) is 0.0320. The van der Waals surface area contributed by atoms with Gasteiger partial charge in [-0.3, -0.25) is 9.59 Å². The molecule has 1 amide bonds. The van der Waals surface area contributed by atoms with E-state index in [-0.39, 0.29) is 18.5 Å². The Labute approximate surface area is 481 Å². The number of ether oxygens (including phenoxy) is 1. The minimum Gasteiger partial charge on any atom is -0.466 e. The normalized spacial score (nSPS) is 12.6. The van der Waals surface area contributed by atoms with E-state index in [0.29, 0.717) is 19.4 Å². The van der Waals surface area contributed by atoms with Gasteiger partial charge in [0.2, 0.25) is 5.91 Å². The van der Waals surface area contributed by atoms with Gasteiger partial charge in [0.25, 0.3) is 0 Å². The fraction of sp³-hybridized carbons (Fsp3) is 0.915. The molecule has 0 spiro atoms. The summed E-state index contributed by atoms with van der Waals surface area (Å²) in [5.41, 5.74) is 0. The maximum absolute atomic E-state index is 12.5. The van der Waals surface area contributed by atoms with Crippen LogP contribution in [0.25, 0.3) is 0 Å². The second kappa shape index (κ2) is 66.8. The molecular formula is C71H137NO5. The lowest BCUT2D eigenvalue weighted by molar-refractivity contribution is -0.143. The first-order valence-corrected chi connectivity index (χ1v) is 35.1. The van der Waals surface area contributed by atoms with E-state index in [1.165, 1.54) is 327 Å². The summed E-state index contributed by atoms with van der Waals surface area (Å²) >= 11 is 0. The van der Waals surface area contributed by atoms with Crippen LogP contribution in [-0.2, 0) is 14.3 Å². The summed E-state index contributed by atoms with van der Waals surface area (Å²) in [6, 6.07) is -0.630. The summed E-state index contributed by atoms with van der Waals surface area (Å²) in [6.45, 7) is 4.94. The second-order valence-corrected chi connectivity index (χ2v) is 24.2. The van der Waals surface area contributed by atoms with Gasteiger partial charge >= 0.3 is 5.97 Å². The number of nitrogens with one attached hydrogen (secondary N) is 1. The number of amides is 1. The van der Waals surface area contributed by atoms with Gasteiger partial charge in [0, 0.05) is 12.8 Å². The number of aliphatic hydroxyl groups excluding tert-OH is 2. The maximum Gasteiger partial charge on any atom is 0.305 e. The van der Waals surface area contributed by atoms with E-state index in [9.17, 15) is 19.8 Å². The summed E-state index contributed by atoms with van der Waals surface area (Å²) in [7, 11) is 0. The minimum absolute atomic E-state index is 0.0161. The van der Waals surface area contributed by atoms with Crippen molar-refractivity contribution < 1.29 is 24.5 Å². The zero-order chi connectivity index (χ0) is 55.7. The Morgan fingerprint density at radius 3 is 0.922 bits per heavy atom. The molecule has 0 radical (unpaired) electrons. The van der Waals surface area contributed by atoms with Crippen molar-refractivity contribution in [2.24, 2.45) is 0 Å². The van der Waals surface area contributed by atoms with Crippen LogP contribution in [0.4, 0.5) is 0 Å². The van der Waals surface area contributed by atoms with Crippen LogP contribution in [-0.4, -0.2) is 47.4 Å². The van der Waals surface area contributed by atoms with Crippen LogP contribution in [0.5, 0.6) is 0 Å². The third-order valence-electron chi connectivity index (χ3n) is 16.5. The maximum atomic E-state index is 12.5. The summed E-state index contributed by atoms with van der Waals surface area (Å²) in [5.74, 6) is -0.0497. The third-order valence-corrected chi connectivity index (χ3v) is 16.5. The number of hydrogen-bond donors (Lipinski definition) is 3. The van der Waals surface area contributed by atoms with E-state index in [0.717, 1.165) is 38.5 Å². The zero-order valence-corrected chi connectivity index (χ0v) is 52.2. The summed E-state index contributed by atoms with van der Waals surface area (Å²) in [4.78, 5) is 24.6. The van der Waals surface area contributed by atoms with Crippen molar-refractivity contribution in [2.75, 3.05) is 13.2 Å². The third kappa shape index (κ3) is 63.4. The molecule has 0 heterocycles. The Morgan fingerprint density at radius 2 is 0.610 bits per heavy atom. The van der Waals surface area contributed by atoms with Gasteiger partial charge in [-0.1, -0.05) is 346 Å². The molecule has 0 aromatic carbocycles. The van der Waals surface area contributed by atoms with E-state index in [1.54, 1.807) is 6.08 Å². The molecule has 0 bridgehead atoms. The van der Waals surface area contributed by atoms with Crippen LogP contribution in [0, 0.1) is 0 Å². The van der Waals surface area contributed by atoms with Crippen molar-refractivity contribution in [3.8, 4) is 0 Å². The molecule has 0 aliphatic rings. The molecule has 0 saturated heterocycles. The van der Waals surface area contributed by atoms with Gasteiger partial charge in [-0.15, -0.1) is 0 Å². The molecule has 6 heteroatoms. The fourth-order valence-electron chi connectivity index (χ4n) is 11.1. The molecule has 2 atom stereocenters. The first-order chi connectivity index (χ1) is 38.0. The molecule has 2 unspecified atom stereocenters. The number of unbranched alkanes of at least 4 members (excludes halogenated alkanes) is 53. The Balaban J connectivity index is 3.41. The number of allylic oxidation sites excluding steroid dienone is 3. The molecule has 6 nitrogen and oxygen atoms in total. The van der Waals surface area contributed by atoms with Gasteiger partial charge in [0.15, 0.2) is 0 Å². The van der Waals surface area contributed by atoms with Crippen molar-refractivity contribution in [3.63, 3.8) is 0 Å². The molecule has 0 aromatic heterocycles.